The van der Waals surface area contributed by atoms with Crippen molar-refractivity contribution in [2.45, 2.75) is 19.4 Å². The third kappa shape index (κ3) is 3.29. The summed E-state index contributed by atoms with van der Waals surface area (Å²) in [5.41, 5.74) is 0.730. The van der Waals surface area contributed by atoms with Gasteiger partial charge in [0.1, 0.15) is 5.82 Å². The standard InChI is InChI=1S/C13H20FNO/c1-10(8-9-16-3)13(15-2)11-6-4-5-7-12(11)14/h4-7,10,13,15H,8-9H2,1-3H3. The number of ether oxygens (including phenoxy) is 1. The number of halogens is 1. The van der Waals surface area contributed by atoms with Crippen LogP contribution in [-0.2, 0) is 4.74 Å². The van der Waals surface area contributed by atoms with Gasteiger partial charge in [-0.2, -0.15) is 0 Å². The monoisotopic (exact) mass is 225 g/mol. The van der Waals surface area contributed by atoms with E-state index in [0.29, 0.717) is 12.5 Å². The Morgan fingerprint density at radius 3 is 2.62 bits per heavy atom. The van der Waals surface area contributed by atoms with Gasteiger partial charge in [0.25, 0.3) is 0 Å². The van der Waals surface area contributed by atoms with E-state index in [1.54, 1.807) is 13.2 Å². The number of methoxy groups -OCH3 is 1. The first-order valence-corrected chi connectivity index (χ1v) is 5.61. The minimum atomic E-state index is -0.147. The van der Waals surface area contributed by atoms with Crippen LogP contribution in [0.3, 0.4) is 0 Å². The lowest BCUT2D eigenvalue weighted by Crippen LogP contribution is -2.25. The molecule has 1 N–H and O–H groups in total. The lowest BCUT2D eigenvalue weighted by molar-refractivity contribution is 0.171. The Balaban J connectivity index is 2.77. The summed E-state index contributed by atoms with van der Waals surface area (Å²) >= 11 is 0. The van der Waals surface area contributed by atoms with Gasteiger partial charge in [0.2, 0.25) is 0 Å². The fourth-order valence-electron chi connectivity index (χ4n) is 1.94. The molecule has 2 unspecified atom stereocenters. The molecule has 0 aliphatic carbocycles. The molecule has 0 heterocycles. The molecule has 0 spiro atoms. The van der Waals surface area contributed by atoms with E-state index < -0.39 is 0 Å². The SMILES string of the molecule is CNC(c1ccccc1F)C(C)CCOC. The second-order valence-electron chi connectivity index (χ2n) is 4.05. The van der Waals surface area contributed by atoms with Crippen molar-refractivity contribution < 1.29 is 9.13 Å². The van der Waals surface area contributed by atoms with Crippen molar-refractivity contribution in [3.8, 4) is 0 Å². The van der Waals surface area contributed by atoms with Crippen LogP contribution >= 0.6 is 0 Å². The average Bonchev–Trinajstić information content (AvgIpc) is 2.30. The van der Waals surface area contributed by atoms with Crippen molar-refractivity contribution in [3.63, 3.8) is 0 Å². The maximum Gasteiger partial charge on any atom is 0.127 e. The van der Waals surface area contributed by atoms with Crippen molar-refractivity contribution in [3.05, 3.63) is 35.6 Å². The molecule has 2 atom stereocenters. The normalized spacial score (nSPS) is 14.8. The zero-order valence-corrected chi connectivity index (χ0v) is 10.2. The Bertz CT molecular complexity index is 317. The number of hydrogen-bond acceptors (Lipinski definition) is 2. The Hall–Kier alpha value is -0.930. The van der Waals surface area contributed by atoms with Crippen molar-refractivity contribution >= 4 is 0 Å². The maximum atomic E-state index is 13.6. The van der Waals surface area contributed by atoms with Gasteiger partial charge >= 0.3 is 0 Å². The molecule has 0 saturated carbocycles. The third-order valence-corrected chi connectivity index (χ3v) is 2.90. The van der Waals surface area contributed by atoms with E-state index in [1.807, 2.05) is 19.2 Å². The molecule has 1 rings (SSSR count). The van der Waals surface area contributed by atoms with Crippen LogP contribution in [0.2, 0.25) is 0 Å². The highest BCUT2D eigenvalue weighted by Crippen LogP contribution is 2.26. The van der Waals surface area contributed by atoms with Gasteiger partial charge in [-0.15, -0.1) is 0 Å². The molecular formula is C13H20FNO. The number of hydrogen-bond donors (Lipinski definition) is 1. The highest BCUT2D eigenvalue weighted by atomic mass is 19.1. The van der Waals surface area contributed by atoms with E-state index in [2.05, 4.69) is 12.2 Å². The Morgan fingerprint density at radius 2 is 2.06 bits per heavy atom. The van der Waals surface area contributed by atoms with Gasteiger partial charge in [0.05, 0.1) is 0 Å². The third-order valence-electron chi connectivity index (χ3n) is 2.90. The molecule has 0 aromatic heterocycles. The second kappa shape index (κ2) is 6.61. The topological polar surface area (TPSA) is 21.3 Å². The largest absolute Gasteiger partial charge is 0.385 e. The summed E-state index contributed by atoms with van der Waals surface area (Å²) in [5, 5.41) is 3.17. The summed E-state index contributed by atoms with van der Waals surface area (Å²) in [7, 11) is 3.55. The summed E-state index contributed by atoms with van der Waals surface area (Å²) in [6.45, 7) is 2.81. The van der Waals surface area contributed by atoms with Crippen molar-refractivity contribution in [1.82, 2.24) is 5.32 Å². The Morgan fingerprint density at radius 1 is 1.38 bits per heavy atom. The zero-order valence-electron chi connectivity index (χ0n) is 10.2. The van der Waals surface area contributed by atoms with E-state index in [0.717, 1.165) is 12.0 Å². The predicted molar refractivity (Wildman–Crippen MR) is 63.9 cm³/mol. The molecule has 1 aromatic carbocycles. The minimum Gasteiger partial charge on any atom is -0.385 e. The first kappa shape index (κ1) is 13.1. The van der Waals surface area contributed by atoms with Gasteiger partial charge < -0.3 is 10.1 Å². The summed E-state index contributed by atoms with van der Waals surface area (Å²) in [4.78, 5) is 0. The van der Waals surface area contributed by atoms with E-state index in [9.17, 15) is 4.39 Å². The molecule has 0 amide bonds. The van der Waals surface area contributed by atoms with Crippen LogP contribution in [0.15, 0.2) is 24.3 Å². The smallest absolute Gasteiger partial charge is 0.127 e. The lowest BCUT2D eigenvalue weighted by atomic mass is 9.92. The number of rotatable bonds is 6. The maximum absolute atomic E-state index is 13.6. The van der Waals surface area contributed by atoms with Gasteiger partial charge in [-0.3, -0.25) is 0 Å². The molecule has 0 fully saturated rings. The first-order chi connectivity index (χ1) is 7.70. The van der Waals surface area contributed by atoms with Crippen molar-refractivity contribution in [1.29, 1.82) is 0 Å². The summed E-state index contributed by atoms with van der Waals surface area (Å²) in [5.74, 6) is 0.188. The van der Waals surface area contributed by atoms with Crippen LogP contribution in [0, 0.1) is 11.7 Å². The minimum absolute atomic E-state index is 0.0383. The Labute approximate surface area is 96.8 Å². The van der Waals surface area contributed by atoms with Crippen LogP contribution in [0.1, 0.15) is 24.9 Å². The fourth-order valence-corrected chi connectivity index (χ4v) is 1.94. The first-order valence-electron chi connectivity index (χ1n) is 5.61. The molecule has 90 valence electrons. The summed E-state index contributed by atoms with van der Waals surface area (Å²) in [6, 6.07) is 6.95. The molecule has 0 bridgehead atoms. The van der Waals surface area contributed by atoms with Crippen LogP contribution < -0.4 is 5.32 Å². The fraction of sp³-hybridized carbons (Fsp3) is 0.538. The summed E-state index contributed by atoms with van der Waals surface area (Å²) < 4.78 is 18.7. The van der Waals surface area contributed by atoms with E-state index >= 15 is 0 Å². The quantitative estimate of drug-likeness (QED) is 0.803. The van der Waals surface area contributed by atoms with Gasteiger partial charge in [-0.05, 0) is 25.5 Å². The Kier molecular flexibility index (Phi) is 5.43. The molecule has 16 heavy (non-hydrogen) atoms. The van der Waals surface area contributed by atoms with Crippen LogP contribution in [0.25, 0.3) is 0 Å². The molecule has 0 radical (unpaired) electrons. The molecule has 3 heteroatoms. The van der Waals surface area contributed by atoms with Crippen LogP contribution in [0.5, 0.6) is 0 Å². The molecule has 0 aliphatic heterocycles. The highest BCUT2D eigenvalue weighted by Gasteiger charge is 2.19. The lowest BCUT2D eigenvalue weighted by Gasteiger charge is -2.24. The van der Waals surface area contributed by atoms with Crippen LogP contribution in [-0.4, -0.2) is 20.8 Å². The molecule has 1 aromatic rings. The second-order valence-corrected chi connectivity index (χ2v) is 4.05. The molecule has 2 nitrogen and oxygen atoms in total. The molecule has 0 saturated heterocycles. The summed E-state index contributed by atoms with van der Waals surface area (Å²) in [6.07, 6.45) is 0.913. The zero-order chi connectivity index (χ0) is 12.0. The van der Waals surface area contributed by atoms with Gasteiger partial charge in [-0.1, -0.05) is 25.1 Å². The van der Waals surface area contributed by atoms with E-state index in [4.69, 9.17) is 4.74 Å². The van der Waals surface area contributed by atoms with E-state index in [1.165, 1.54) is 6.07 Å². The van der Waals surface area contributed by atoms with Gasteiger partial charge in [-0.25, -0.2) is 4.39 Å². The molecule has 0 aliphatic rings. The van der Waals surface area contributed by atoms with Crippen molar-refractivity contribution in [2.75, 3.05) is 20.8 Å². The van der Waals surface area contributed by atoms with Gasteiger partial charge in [0, 0.05) is 25.3 Å². The van der Waals surface area contributed by atoms with E-state index in [-0.39, 0.29) is 11.9 Å². The van der Waals surface area contributed by atoms with Crippen LogP contribution in [0.4, 0.5) is 4.39 Å². The number of benzene rings is 1. The number of nitrogens with one attached hydrogen (secondary N) is 1. The average molecular weight is 225 g/mol. The highest BCUT2D eigenvalue weighted by molar-refractivity contribution is 5.21. The predicted octanol–water partition coefficient (Wildman–Crippen LogP) is 2.76. The van der Waals surface area contributed by atoms with Crippen molar-refractivity contribution in [2.24, 2.45) is 5.92 Å². The van der Waals surface area contributed by atoms with Gasteiger partial charge in [0.15, 0.2) is 0 Å². The molecular weight excluding hydrogens is 205 g/mol.